The minimum Gasteiger partial charge on any atom is -0.462 e. The summed E-state index contributed by atoms with van der Waals surface area (Å²) in [6.45, 7) is 2.15. The van der Waals surface area contributed by atoms with E-state index < -0.39 is 0 Å². The van der Waals surface area contributed by atoms with Crippen LogP contribution in [-0.4, -0.2) is 17.6 Å². The van der Waals surface area contributed by atoms with E-state index in [1.165, 1.54) is 9.75 Å². The summed E-state index contributed by atoms with van der Waals surface area (Å²) in [5.41, 5.74) is 2.11. The number of fused-ring (bicyclic) bond motifs is 1. The Labute approximate surface area is 167 Å². The third-order valence-corrected chi connectivity index (χ3v) is 6.56. The predicted molar refractivity (Wildman–Crippen MR) is 112 cm³/mol. The number of halogens is 1. The summed E-state index contributed by atoms with van der Waals surface area (Å²) < 4.78 is 6.16. The van der Waals surface area contributed by atoms with Crippen molar-refractivity contribution in [1.82, 2.24) is 4.98 Å². The van der Waals surface area contributed by atoms with Crippen LogP contribution in [0.25, 0.3) is 31.2 Å². The normalized spacial score (nSPS) is 11.0. The van der Waals surface area contributed by atoms with Crippen LogP contribution in [0.1, 0.15) is 17.3 Å². The molecule has 3 aromatic heterocycles. The van der Waals surface area contributed by atoms with E-state index in [9.17, 15) is 4.79 Å². The van der Waals surface area contributed by atoms with Gasteiger partial charge in [0.25, 0.3) is 0 Å². The topological polar surface area (TPSA) is 39.2 Å². The first-order chi connectivity index (χ1) is 12.7. The molecular weight excluding hydrogens is 430 g/mol. The van der Waals surface area contributed by atoms with Crippen molar-refractivity contribution >= 4 is 55.5 Å². The number of benzene rings is 1. The number of ether oxygens (including phenoxy) is 1. The van der Waals surface area contributed by atoms with Crippen molar-refractivity contribution < 1.29 is 9.53 Å². The molecule has 0 aliphatic carbocycles. The Balaban J connectivity index is 1.85. The van der Waals surface area contributed by atoms with Gasteiger partial charge in [-0.05, 0) is 54.8 Å². The summed E-state index contributed by atoms with van der Waals surface area (Å²) in [6.07, 6.45) is 0. The highest BCUT2D eigenvalue weighted by Gasteiger charge is 2.16. The third kappa shape index (κ3) is 3.32. The van der Waals surface area contributed by atoms with Gasteiger partial charge < -0.3 is 4.74 Å². The van der Waals surface area contributed by atoms with Crippen molar-refractivity contribution in [1.29, 1.82) is 0 Å². The molecule has 0 aliphatic rings. The van der Waals surface area contributed by atoms with Crippen LogP contribution in [0.2, 0.25) is 0 Å². The zero-order valence-corrected chi connectivity index (χ0v) is 17.1. The van der Waals surface area contributed by atoms with Crippen LogP contribution in [0.15, 0.2) is 58.4 Å². The molecule has 0 amide bonds. The first-order valence-electron chi connectivity index (χ1n) is 8.07. The largest absolute Gasteiger partial charge is 0.462 e. The van der Waals surface area contributed by atoms with E-state index in [1.807, 2.05) is 37.3 Å². The van der Waals surface area contributed by atoms with Crippen LogP contribution in [-0.2, 0) is 4.74 Å². The molecule has 1 aromatic carbocycles. The summed E-state index contributed by atoms with van der Waals surface area (Å²) >= 11 is 6.86. The Morgan fingerprint density at radius 1 is 1.12 bits per heavy atom. The smallest absolute Gasteiger partial charge is 0.338 e. The number of nitrogens with zero attached hydrogens (tertiary/aromatic N) is 1. The van der Waals surface area contributed by atoms with Crippen LogP contribution in [0, 0.1) is 0 Å². The molecule has 0 bridgehead atoms. The predicted octanol–water partition coefficient (Wildman–Crippen LogP) is 6.63. The van der Waals surface area contributed by atoms with Gasteiger partial charge in [0.05, 0.1) is 28.3 Å². The molecule has 0 radical (unpaired) electrons. The molecule has 3 heterocycles. The van der Waals surface area contributed by atoms with Gasteiger partial charge in [-0.2, -0.15) is 0 Å². The van der Waals surface area contributed by atoms with Crippen molar-refractivity contribution in [2.75, 3.05) is 6.61 Å². The molecule has 4 rings (SSSR count). The van der Waals surface area contributed by atoms with Crippen molar-refractivity contribution in [3.8, 4) is 20.3 Å². The molecule has 0 unspecified atom stereocenters. The van der Waals surface area contributed by atoms with Gasteiger partial charge in [-0.3, -0.25) is 0 Å². The van der Waals surface area contributed by atoms with Crippen molar-refractivity contribution in [2.45, 2.75) is 6.92 Å². The lowest BCUT2D eigenvalue weighted by Crippen LogP contribution is -2.06. The lowest BCUT2D eigenvalue weighted by molar-refractivity contribution is 0.0528. The fourth-order valence-corrected chi connectivity index (χ4v) is 4.89. The highest BCUT2D eigenvalue weighted by Crippen LogP contribution is 2.37. The van der Waals surface area contributed by atoms with E-state index in [4.69, 9.17) is 9.72 Å². The lowest BCUT2D eigenvalue weighted by Gasteiger charge is -2.09. The minimum atomic E-state index is -0.325. The second kappa shape index (κ2) is 7.31. The summed E-state index contributed by atoms with van der Waals surface area (Å²) in [5, 5.41) is 2.86. The molecule has 0 atom stereocenters. The van der Waals surface area contributed by atoms with Gasteiger partial charge in [0.15, 0.2) is 0 Å². The van der Waals surface area contributed by atoms with Gasteiger partial charge in [0, 0.05) is 19.6 Å². The minimum absolute atomic E-state index is 0.325. The first kappa shape index (κ1) is 17.4. The summed E-state index contributed by atoms with van der Waals surface area (Å²) in [4.78, 5) is 20.7. The van der Waals surface area contributed by atoms with E-state index in [0.717, 1.165) is 25.9 Å². The molecule has 0 aliphatic heterocycles. The average molecular weight is 444 g/mol. The van der Waals surface area contributed by atoms with Crippen LogP contribution in [0.3, 0.4) is 0 Å². The maximum absolute atomic E-state index is 12.5. The Morgan fingerprint density at radius 2 is 1.96 bits per heavy atom. The van der Waals surface area contributed by atoms with Crippen molar-refractivity contribution in [2.24, 2.45) is 0 Å². The summed E-state index contributed by atoms with van der Waals surface area (Å²) in [6, 6.07) is 15.9. The van der Waals surface area contributed by atoms with Crippen LogP contribution < -0.4 is 0 Å². The molecule has 4 aromatic rings. The third-order valence-electron chi connectivity index (χ3n) is 3.89. The Hall–Kier alpha value is -2.02. The van der Waals surface area contributed by atoms with Gasteiger partial charge in [0.2, 0.25) is 0 Å². The first-order valence-corrected chi connectivity index (χ1v) is 10.6. The van der Waals surface area contributed by atoms with E-state index in [2.05, 4.69) is 39.5 Å². The highest BCUT2D eigenvalue weighted by molar-refractivity contribution is 9.10. The molecule has 0 spiro atoms. The molecule has 0 fully saturated rings. The quantitative estimate of drug-likeness (QED) is 0.332. The number of hydrogen-bond acceptors (Lipinski definition) is 5. The Morgan fingerprint density at radius 3 is 2.73 bits per heavy atom. The van der Waals surface area contributed by atoms with Crippen LogP contribution in [0.5, 0.6) is 0 Å². The number of thiophene rings is 2. The number of carbonyl (C=O) groups excluding carboxylic acids is 1. The number of esters is 1. The molecule has 0 saturated heterocycles. The van der Waals surface area contributed by atoms with Crippen molar-refractivity contribution in [3.05, 3.63) is 63.9 Å². The van der Waals surface area contributed by atoms with Crippen molar-refractivity contribution in [3.63, 3.8) is 0 Å². The second-order valence-electron chi connectivity index (χ2n) is 5.58. The molecule has 0 N–H and O–H groups in total. The molecule has 26 heavy (non-hydrogen) atoms. The zero-order chi connectivity index (χ0) is 18.1. The molecule has 130 valence electrons. The Kier molecular flexibility index (Phi) is 4.89. The molecular formula is C20H14BrNO2S2. The number of rotatable bonds is 4. The van der Waals surface area contributed by atoms with Crippen LogP contribution in [0.4, 0.5) is 0 Å². The molecule has 0 saturated carbocycles. The second-order valence-corrected chi connectivity index (χ2v) is 8.53. The maximum atomic E-state index is 12.5. The van der Waals surface area contributed by atoms with E-state index >= 15 is 0 Å². The van der Waals surface area contributed by atoms with E-state index in [0.29, 0.717) is 12.2 Å². The monoisotopic (exact) mass is 443 g/mol. The number of carbonyl (C=O) groups is 1. The Bertz CT molecular complexity index is 1090. The maximum Gasteiger partial charge on any atom is 0.338 e. The van der Waals surface area contributed by atoms with Gasteiger partial charge in [-0.25, -0.2) is 9.78 Å². The average Bonchev–Trinajstić information content (AvgIpc) is 3.32. The van der Waals surface area contributed by atoms with Gasteiger partial charge in [0.1, 0.15) is 0 Å². The number of pyridine rings is 1. The zero-order valence-electron chi connectivity index (χ0n) is 13.9. The number of hydrogen-bond donors (Lipinski definition) is 0. The SMILES string of the molecule is CCOC(=O)c1cc(-c2ccc(-c3cccs3)s2)nc2ccc(Br)cc12. The fraction of sp³-hybridized carbons (Fsp3) is 0.100. The fourth-order valence-electron chi connectivity index (χ4n) is 2.73. The summed E-state index contributed by atoms with van der Waals surface area (Å²) in [5.74, 6) is -0.325. The standard InChI is InChI=1S/C20H14BrNO2S2/c1-2-24-20(23)14-11-16(22-15-6-5-12(21)10-13(14)15)17-7-8-19(26-17)18-4-3-9-25-18/h3-11H,2H2,1H3. The van der Waals surface area contributed by atoms with Gasteiger partial charge in [-0.1, -0.05) is 22.0 Å². The molecule has 6 heteroatoms. The van der Waals surface area contributed by atoms with E-state index in [-0.39, 0.29) is 5.97 Å². The van der Waals surface area contributed by atoms with Crippen LogP contribution >= 0.6 is 38.6 Å². The lowest BCUT2D eigenvalue weighted by atomic mass is 10.1. The number of aromatic nitrogens is 1. The summed E-state index contributed by atoms with van der Waals surface area (Å²) in [7, 11) is 0. The highest BCUT2D eigenvalue weighted by atomic mass is 79.9. The van der Waals surface area contributed by atoms with Gasteiger partial charge in [-0.15, -0.1) is 22.7 Å². The van der Waals surface area contributed by atoms with E-state index in [1.54, 1.807) is 22.7 Å². The van der Waals surface area contributed by atoms with Gasteiger partial charge >= 0.3 is 5.97 Å². The molecule has 3 nitrogen and oxygen atoms in total.